The summed E-state index contributed by atoms with van der Waals surface area (Å²) < 4.78 is 32.8. The first-order valence-electron chi connectivity index (χ1n) is 19.0. The molecule has 9 N–H and O–H groups in total. The molecule has 2 aromatic rings. The van der Waals surface area contributed by atoms with E-state index in [-0.39, 0.29) is 12.8 Å². The van der Waals surface area contributed by atoms with Gasteiger partial charge in [-0.3, -0.25) is 0 Å². The van der Waals surface area contributed by atoms with Crippen LogP contribution in [0.25, 0.3) is 12.2 Å². The summed E-state index contributed by atoms with van der Waals surface area (Å²) in [5, 5.41) is 92.6. The van der Waals surface area contributed by atoms with Crippen LogP contribution in [0.5, 0.6) is 0 Å². The lowest BCUT2D eigenvalue weighted by Gasteiger charge is -2.45. The number of esters is 2. The second kappa shape index (κ2) is 17.6. The Labute approximate surface area is 339 Å². The highest BCUT2D eigenvalue weighted by Gasteiger charge is 2.67. The molecule has 3 heterocycles. The summed E-state index contributed by atoms with van der Waals surface area (Å²) in [5.74, 6) is -3.51. The molecule has 320 valence electrons. The molecule has 0 amide bonds. The minimum absolute atomic E-state index is 0.0101. The fraction of sp³-hybridized carbons (Fsp3) is 0.476. The molecule has 0 radical (unpaired) electrons. The first-order valence-corrected chi connectivity index (χ1v) is 19.0. The predicted molar refractivity (Wildman–Crippen MR) is 203 cm³/mol. The third kappa shape index (κ3) is 9.01. The summed E-state index contributed by atoms with van der Waals surface area (Å²) in [5.41, 5.74) is -4.74. The first kappa shape index (κ1) is 44.1. The van der Waals surface area contributed by atoms with Gasteiger partial charge in [-0.1, -0.05) is 60.7 Å². The molecular formula is C42H50O17. The van der Waals surface area contributed by atoms with Gasteiger partial charge in [-0.15, -0.1) is 0 Å². The molecule has 15 atom stereocenters. The largest absolute Gasteiger partial charge is 0.472 e. The third-order valence-corrected chi connectivity index (χ3v) is 11.4. The highest BCUT2D eigenvalue weighted by atomic mass is 16.8. The topological polar surface area (TPSA) is 272 Å². The molecule has 3 aliphatic heterocycles. The Morgan fingerprint density at radius 2 is 1.15 bits per heavy atom. The van der Waals surface area contributed by atoms with E-state index in [2.05, 4.69) is 0 Å². The van der Waals surface area contributed by atoms with E-state index < -0.39 is 108 Å². The van der Waals surface area contributed by atoms with Gasteiger partial charge in [-0.25, -0.2) is 9.59 Å². The van der Waals surface area contributed by atoms with E-state index in [1.807, 2.05) is 48.5 Å². The summed E-state index contributed by atoms with van der Waals surface area (Å²) in [4.78, 5) is 24.8. The number of fused-ring (bicyclic) bond motifs is 2. The smallest absolute Gasteiger partial charge is 0.331 e. The molecule has 1 saturated heterocycles. The Balaban J connectivity index is 0.000000213. The van der Waals surface area contributed by atoms with Gasteiger partial charge in [0.05, 0.1) is 43.2 Å². The van der Waals surface area contributed by atoms with Crippen molar-refractivity contribution < 1.29 is 84.0 Å². The van der Waals surface area contributed by atoms with Gasteiger partial charge in [-0.05, 0) is 49.3 Å². The molecule has 7 rings (SSSR count). The maximum absolute atomic E-state index is 12.6. The van der Waals surface area contributed by atoms with Gasteiger partial charge in [0.2, 0.25) is 12.6 Å². The van der Waals surface area contributed by atoms with Crippen molar-refractivity contribution in [3.63, 3.8) is 0 Å². The minimum Gasteiger partial charge on any atom is -0.472 e. The maximum Gasteiger partial charge on any atom is 0.331 e. The lowest BCUT2D eigenvalue weighted by molar-refractivity contribution is -0.351. The Morgan fingerprint density at radius 3 is 1.66 bits per heavy atom. The number of aliphatic hydroxyl groups excluding tert-OH is 7. The van der Waals surface area contributed by atoms with Crippen LogP contribution in [0.1, 0.15) is 37.8 Å². The molecule has 3 fully saturated rings. The molecule has 0 bridgehead atoms. The second-order valence-corrected chi connectivity index (χ2v) is 15.6. The van der Waals surface area contributed by atoms with Gasteiger partial charge in [-0.2, -0.15) is 0 Å². The monoisotopic (exact) mass is 826 g/mol. The number of carbonyl (C=O) groups is 2. The van der Waals surface area contributed by atoms with Crippen molar-refractivity contribution in [2.75, 3.05) is 6.61 Å². The van der Waals surface area contributed by atoms with Crippen LogP contribution in [-0.2, 0) is 38.0 Å². The normalized spacial score (nSPS) is 41.0. The number of ether oxygens (including phenoxy) is 6. The Morgan fingerprint density at radius 1 is 0.678 bits per heavy atom. The van der Waals surface area contributed by atoms with Gasteiger partial charge in [0, 0.05) is 25.0 Å². The highest BCUT2D eigenvalue weighted by Crippen LogP contribution is 2.52. The van der Waals surface area contributed by atoms with Crippen LogP contribution in [0.15, 0.2) is 97.5 Å². The molecule has 0 aromatic heterocycles. The molecule has 17 heteroatoms. The van der Waals surface area contributed by atoms with Crippen LogP contribution >= 0.6 is 0 Å². The Kier molecular flexibility index (Phi) is 13.2. The fourth-order valence-corrected chi connectivity index (χ4v) is 8.44. The number of hydrogen-bond donors (Lipinski definition) is 9. The average molecular weight is 827 g/mol. The van der Waals surface area contributed by atoms with E-state index in [9.17, 15) is 55.5 Å². The zero-order chi connectivity index (χ0) is 42.8. The van der Waals surface area contributed by atoms with Gasteiger partial charge in [0.25, 0.3) is 0 Å². The van der Waals surface area contributed by atoms with Crippen LogP contribution in [0.2, 0.25) is 0 Å². The predicted octanol–water partition coefficient (Wildman–Crippen LogP) is -0.224. The van der Waals surface area contributed by atoms with Crippen LogP contribution in [0, 0.1) is 11.8 Å². The number of hydrogen-bond acceptors (Lipinski definition) is 17. The summed E-state index contributed by atoms with van der Waals surface area (Å²) in [6.07, 6.45) is -2.82. The van der Waals surface area contributed by atoms with Gasteiger partial charge >= 0.3 is 11.9 Å². The molecule has 59 heavy (non-hydrogen) atoms. The summed E-state index contributed by atoms with van der Waals surface area (Å²) in [6.45, 7) is 2.42. The van der Waals surface area contributed by atoms with Crippen molar-refractivity contribution in [2.24, 2.45) is 11.8 Å². The van der Waals surface area contributed by atoms with E-state index in [0.29, 0.717) is 0 Å². The maximum atomic E-state index is 12.6. The summed E-state index contributed by atoms with van der Waals surface area (Å²) >= 11 is 0. The Hall–Kier alpha value is -4.50. The molecule has 5 aliphatic rings. The van der Waals surface area contributed by atoms with Gasteiger partial charge in [0.15, 0.2) is 6.29 Å². The third-order valence-electron chi connectivity index (χ3n) is 11.4. The second-order valence-electron chi connectivity index (χ2n) is 15.6. The minimum atomic E-state index is -1.91. The fourth-order valence-electron chi connectivity index (χ4n) is 8.44. The van der Waals surface area contributed by atoms with Crippen LogP contribution in [0.4, 0.5) is 0 Å². The van der Waals surface area contributed by atoms with E-state index in [4.69, 9.17) is 28.4 Å². The molecule has 2 saturated carbocycles. The van der Waals surface area contributed by atoms with E-state index in [1.165, 1.54) is 31.2 Å². The lowest BCUT2D eigenvalue weighted by Crippen LogP contribution is -2.62. The van der Waals surface area contributed by atoms with E-state index in [1.54, 1.807) is 31.2 Å². The van der Waals surface area contributed by atoms with Crippen molar-refractivity contribution >= 4 is 24.1 Å². The summed E-state index contributed by atoms with van der Waals surface area (Å²) in [6, 6.07) is 18.3. The molecule has 0 spiro atoms. The van der Waals surface area contributed by atoms with Crippen molar-refractivity contribution in [2.45, 2.75) is 105 Å². The van der Waals surface area contributed by atoms with Crippen molar-refractivity contribution in [1.29, 1.82) is 0 Å². The highest BCUT2D eigenvalue weighted by molar-refractivity contribution is 5.88. The Bertz CT molecular complexity index is 1890. The molecule has 2 aliphatic carbocycles. The average Bonchev–Trinajstić information content (AvgIpc) is 3.54. The summed E-state index contributed by atoms with van der Waals surface area (Å²) in [7, 11) is 0. The standard InChI is InChI=1S/C24H30O11.C18H20O6/c1-23(35-16(27)8-7-13-5-3-2-4-6-13)11-15(26)24(31)9-10-32-22(20(23)24)34-21-19(30)18(29)17(28)14(12-25)33-21;1-17(24-14(20)8-7-12-5-3-2-4-6-12)11-13(19)18(22)9-10-23-16(21)15(17)18/h2-10,14-15,17-22,25-26,28-31H,11-12H2,1H3;2-10,13,15-16,19,21-22H,11H2,1H3/b2*8-7+/t14-,15-,17-,18+,19-,20-,21?,22+,23+,24-;13-,15-,16-,17+,18-/m11/s1. The molecule has 2 aromatic carbocycles. The van der Waals surface area contributed by atoms with E-state index >= 15 is 0 Å². The quantitative estimate of drug-likeness (QED) is 0.117. The van der Waals surface area contributed by atoms with Crippen LogP contribution in [-0.4, -0.2) is 142 Å². The molecule has 17 nitrogen and oxygen atoms in total. The van der Waals surface area contributed by atoms with Crippen molar-refractivity contribution in [1.82, 2.24) is 0 Å². The molecule has 1 unspecified atom stereocenters. The van der Waals surface area contributed by atoms with Gasteiger partial charge < -0.3 is 74.4 Å². The first-order chi connectivity index (χ1) is 27.9. The van der Waals surface area contributed by atoms with Crippen LogP contribution in [0.3, 0.4) is 0 Å². The zero-order valence-corrected chi connectivity index (χ0v) is 32.2. The number of aliphatic hydroxyl groups is 9. The number of benzene rings is 2. The molecular weight excluding hydrogens is 776 g/mol. The SMILES string of the molecule is C[C@]1(OC(=O)/C=C/c2ccccc2)C[C@@H](O)[C@]2(O)C=CO[C@@H](O)[C@@H]21.C[C@]1(OC(=O)/C=C/c2ccccc2)C[C@@H](O)[C@]2(O)C=CO[C@@H](OC3O[C@H](CO)[C@@H](O)[C@H](O)[C@H]3O)[C@@H]21. The number of carbonyl (C=O) groups excluding carboxylic acids is 2. The van der Waals surface area contributed by atoms with Gasteiger partial charge in [0.1, 0.15) is 46.8 Å². The van der Waals surface area contributed by atoms with Crippen LogP contribution < -0.4 is 0 Å². The zero-order valence-electron chi connectivity index (χ0n) is 32.2. The van der Waals surface area contributed by atoms with Crippen molar-refractivity contribution in [3.8, 4) is 0 Å². The lowest BCUT2D eigenvalue weighted by atomic mass is 9.81. The number of rotatable bonds is 9. The van der Waals surface area contributed by atoms with E-state index in [0.717, 1.165) is 23.7 Å². The van der Waals surface area contributed by atoms with Crippen molar-refractivity contribution in [3.05, 3.63) is 109 Å².